The predicted octanol–water partition coefficient (Wildman–Crippen LogP) is 2.23. The van der Waals surface area contributed by atoms with E-state index in [0.29, 0.717) is 11.2 Å². The average molecular weight is 222 g/mol. The summed E-state index contributed by atoms with van der Waals surface area (Å²) in [4.78, 5) is 0. The molecule has 0 aromatic heterocycles. The molecule has 0 spiro atoms. The summed E-state index contributed by atoms with van der Waals surface area (Å²) in [5.41, 5.74) is 0.151. The molecule has 5 heteroatoms. The summed E-state index contributed by atoms with van der Waals surface area (Å²) < 4.78 is 11.6. The molecule has 0 aliphatic carbocycles. The normalized spacial score (nSPS) is 23.3. The zero-order chi connectivity index (χ0) is 12.6. The summed E-state index contributed by atoms with van der Waals surface area (Å²) in [6.07, 6.45) is 2.70. The Balaban J connectivity index is 2.98. The second kappa shape index (κ2) is 4.15. The number of hydrogen-bond acceptors (Lipinski definition) is 4. The van der Waals surface area contributed by atoms with Gasteiger partial charge in [0.1, 0.15) is 0 Å². The van der Waals surface area contributed by atoms with E-state index in [1.807, 2.05) is 27.7 Å². The molecule has 0 unspecified atom stereocenters. The zero-order valence-corrected chi connectivity index (χ0v) is 10.5. The van der Waals surface area contributed by atoms with Gasteiger partial charge in [0.25, 0.3) is 0 Å². The van der Waals surface area contributed by atoms with Gasteiger partial charge in [0, 0.05) is 17.4 Å². The monoisotopic (exact) mass is 222 g/mol. The van der Waals surface area contributed by atoms with Gasteiger partial charge in [-0.3, -0.25) is 0 Å². The fourth-order valence-electron chi connectivity index (χ4n) is 1.44. The Labute approximate surface area is 97.2 Å². The van der Waals surface area contributed by atoms with Crippen molar-refractivity contribution in [1.82, 2.24) is 0 Å². The second-order valence-electron chi connectivity index (χ2n) is 5.00. The van der Waals surface area contributed by atoms with E-state index in [9.17, 15) is 0 Å². The van der Waals surface area contributed by atoms with Gasteiger partial charge in [0.05, 0.1) is 11.2 Å². The summed E-state index contributed by atoms with van der Waals surface area (Å²) in [7, 11) is -0.552. The molecule has 1 saturated heterocycles. The quantitative estimate of drug-likeness (QED) is 0.568. The van der Waals surface area contributed by atoms with Crippen molar-refractivity contribution in [3.05, 3.63) is 11.5 Å². The standard InChI is InChI=1S/C11H19BN2O2/c1-8(14)9(6-7-13)12-15-10(2,3)11(4,5)16-12/h6-7,13-14H,1-5H3/b9-6+,13-7?,14-8?. The van der Waals surface area contributed by atoms with E-state index in [1.165, 1.54) is 0 Å². The first-order valence-electron chi connectivity index (χ1n) is 5.33. The van der Waals surface area contributed by atoms with E-state index < -0.39 is 18.3 Å². The first-order valence-corrected chi connectivity index (χ1v) is 5.33. The van der Waals surface area contributed by atoms with Crippen LogP contribution in [0.15, 0.2) is 11.5 Å². The fraction of sp³-hybridized carbons (Fsp3) is 0.636. The first kappa shape index (κ1) is 13.1. The van der Waals surface area contributed by atoms with E-state index in [-0.39, 0.29) is 0 Å². The maximum Gasteiger partial charge on any atom is 0.496 e. The highest BCUT2D eigenvalue weighted by Crippen LogP contribution is 2.38. The van der Waals surface area contributed by atoms with Crippen LogP contribution in [0.3, 0.4) is 0 Å². The predicted molar refractivity (Wildman–Crippen MR) is 66.3 cm³/mol. The lowest BCUT2D eigenvalue weighted by Gasteiger charge is -2.32. The molecule has 0 atom stereocenters. The smallest absolute Gasteiger partial charge is 0.399 e. The highest BCUT2D eigenvalue weighted by atomic mass is 16.7. The molecule has 88 valence electrons. The van der Waals surface area contributed by atoms with Gasteiger partial charge in [-0.15, -0.1) is 0 Å². The van der Waals surface area contributed by atoms with E-state index >= 15 is 0 Å². The molecular weight excluding hydrogens is 203 g/mol. The van der Waals surface area contributed by atoms with Crippen molar-refractivity contribution in [2.75, 3.05) is 0 Å². The van der Waals surface area contributed by atoms with Crippen molar-refractivity contribution < 1.29 is 9.31 Å². The van der Waals surface area contributed by atoms with Gasteiger partial charge in [0.2, 0.25) is 0 Å². The van der Waals surface area contributed by atoms with Gasteiger partial charge in [0.15, 0.2) is 0 Å². The highest BCUT2D eigenvalue weighted by molar-refractivity contribution is 6.62. The SMILES string of the molecule is CC(=N)/C(=C\C=N)B1OC(C)(C)C(C)(C)O1. The molecule has 1 rings (SSSR count). The Kier molecular flexibility index (Phi) is 3.40. The van der Waals surface area contributed by atoms with Crippen LogP contribution in [-0.4, -0.2) is 30.2 Å². The van der Waals surface area contributed by atoms with E-state index in [1.54, 1.807) is 13.0 Å². The van der Waals surface area contributed by atoms with Crippen LogP contribution in [0.25, 0.3) is 0 Å². The lowest BCUT2D eigenvalue weighted by Crippen LogP contribution is -2.41. The van der Waals surface area contributed by atoms with Gasteiger partial charge >= 0.3 is 7.12 Å². The number of rotatable bonds is 3. The minimum Gasteiger partial charge on any atom is -0.399 e. The molecule has 0 saturated carbocycles. The summed E-state index contributed by atoms with van der Waals surface area (Å²) >= 11 is 0. The number of nitrogens with one attached hydrogen (secondary N) is 2. The van der Waals surface area contributed by atoms with E-state index in [4.69, 9.17) is 20.1 Å². The zero-order valence-electron chi connectivity index (χ0n) is 10.5. The average Bonchev–Trinajstić information content (AvgIpc) is 2.31. The third kappa shape index (κ3) is 2.25. The van der Waals surface area contributed by atoms with Crippen molar-refractivity contribution >= 4 is 19.0 Å². The van der Waals surface area contributed by atoms with Crippen LogP contribution in [0.4, 0.5) is 0 Å². The Bertz CT molecular complexity index is 332. The van der Waals surface area contributed by atoms with E-state index in [2.05, 4.69) is 0 Å². The van der Waals surface area contributed by atoms with Crippen LogP contribution in [0.2, 0.25) is 0 Å². The molecule has 0 bridgehead atoms. The van der Waals surface area contributed by atoms with Crippen molar-refractivity contribution in [2.45, 2.75) is 45.8 Å². The summed E-state index contributed by atoms with van der Waals surface area (Å²) in [5, 5.41) is 14.7. The molecule has 4 nitrogen and oxygen atoms in total. The second-order valence-corrected chi connectivity index (χ2v) is 5.00. The van der Waals surface area contributed by atoms with Crippen molar-refractivity contribution in [3.8, 4) is 0 Å². The van der Waals surface area contributed by atoms with Gasteiger partial charge < -0.3 is 20.1 Å². The molecule has 2 N–H and O–H groups in total. The molecule has 1 aliphatic rings. The van der Waals surface area contributed by atoms with Crippen LogP contribution in [0.5, 0.6) is 0 Å². The molecule has 0 radical (unpaired) electrons. The molecule has 16 heavy (non-hydrogen) atoms. The Morgan fingerprint density at radius 3 is 1.88 bits per heavy atom. The van der Waals surface area contributed by atoms with E-state index in [0.717, 1.165) is 6.21 Å². The van der Waals surface area contributed by atoms with Crippen LogP contribution in [-0.2, 0) is 9.31 Å². The van der Waals surface area contributed by atoms with Crippen molar-refractivity contribution in [1.29, 1.82) is 10.8 Å². The van der Waals surface area contributed by atoms with Gasteiger partial charge in [-0.1, -0.05) is 0 Å². The molecule has 1 heterocycles. The van der Waals surface area contributed by atoms with Crippen LogP contribution in [0, 0.1) is 10.8 Å². The molecular formula is C11H19BN2O2. The van der Waals surface area contributed by atoms with Gasteiger partial charge in [-0.05, 0) is 40.7 Å². The summed E-state index contributed by atoms with van der Waals surface area (Å²) in [6.45, 7) is 9.53. The molecule has 0 aromatic rings. The van der Waals surface area contributed by atoms with Crippen LogP contribution >= 0.6 is 0 Å². The lowest BCUT2D eigenvalue weighted by atomic mass is 9.75. The van der Waals surface area contributed by atoms with Crippen LogP contribution < -0.4 is 0 Å². The van der Waals surface area contributed by atoms with Gasteiger partial charge in [-0.2, -0.15) is 0 Å². The van der Waals surface area contributed by atoms with Crippen molar-refractivity contribution in [3.63, 3.8) is 0 Å². The highest BCUT2D eigenvalue weighted by Gasteiger charge is 2.52. The summed E-state index contributed by atoms with van der Waals surface area (Å²) in [5.74, 6) is 0. The molecule has 1 aliphatic heterocycles. The topological polar surface area (TPSA) is 66.2 Å². The van der Waals surface area contributed by atoms with Crippen LogP contribution in [0.1, 0.15) is 34.6 Å². The molecule has 0 aromatic carbocycles. The third-order valence-corrected chi connectivity index (χ3v) is 3.20. The number of hydrogen-bond donors (Lipinski definition) is 2. The minimum absolute atomic E-state index is 0.363. The fourth-order valence-corrected chi connectivity index (χ4v) is 1.44. The Hall–Kier alpha value is -0.935. The largest absolute Gasteiger partial charge is 0.496 e. The Morgan fingerprint density at radius 1 is 1.12 bits per heavy atom. The van der Waals surface area contributed by atoms with Crippen molar-refractivity contribution in [2.24, 2.45) is 0 Å². The first-order chi connectivity index (χ1) is 7.21. The molecule has 0 amide bonds. The number of allylic oxidation sites excluding steroid dienone is 2. The maximum atomic E-state index is 7.65. The third-order valence-electron chi connectivity index (χ3n) is 3.20. The Morgan fingerprint density at radius 2 is 1.56 bits per heavy atom. The minimum atomic E-state index is -0.552. The molecule has 1 fully saturated rings. The summed E-state index contributed by atoms with van der Waals surface area (Å²) in [6, 6.07) is 0. The lowest BCUT2D eigenvalue weighted by molar-refractivity contribution is 0.00578. The maximum absolute atomic E-state index is 7.65. The van der Waals surface area contributed by atoms with Gasteiger partial charge in [-0.25, -0.2) is 0 Å².